The Balaban J connectivity index is 2.07. The molecule has 1 aliphatic rings. The number of fused-ring (bicyclic) bond motifs is 1. The van der Waals surface area contributed by atoms with Crippen molar-refractivity contribution in [1.82, 2.24) is 10.6 Å². The highest BCUT2D eigenvalue weighted by Crippen LogP contribution is 2.17. The van der Waals surface area contributed by atoms with Crippen molar-refractivity contribution in [2.75, 3.05) is 0 Å². The lowest BCUT2D eigenvalue weighted by molar-refractivity contribution is 0.0940. The number of rotatable bonds is 3. The first kappa shape index (κ1) is 11.6. The Bertz CT molecular complexity index is 476. The van der Waals surface area contributed by atoms with Gasteiger partial charge in [0.05, 0.1) is 12.5 Å². The molecule has 0 bridgehead atoms. The minimum absolute atomic E-state index is 0.109. The van der Waals surface area contributed by atoms with E-state index in [4.69, 9.17) is 5.26 Å². The Morgan fingerprint density at radius 3 is 3.06 bits per heavy atom. The van der Waals surface area contributed by atoms with Crippen LogP contribution in [0.2, 0.25) is 0 Å². The molecule has 0 saturated heterocycles. The normalized spacial score (nSPS) is 14.8. The van der Waals surface area contributed by atoms with Gasteiger partial charge in [-0.05, 0) is 30.2 Å². The Morgan fingerprint density at radius 1 is 1.53 bits per heavy atom. The summed E-state index contributed by atoms with van der Waals surface area (Å²) >= 11 is 0. The molecule has 4 nitrogen and oxygen atoms in total. The number of nitriles is 1. The maximum Gasteiger partial charge on any atom is 0.251 e. The third kappa shape index (κ3) is 2.63. The van der Waals surface area contributed by atoms with Gasteiger partial charge in [0.2, 0.25) is 0 Å². The summed E-state index contributed by atoms with van der Waals surface area (Å²) in [6.07, 6.45) is 0.332. The van der Waals surface area contributed by atoms with Gasteiger partial charge in [-0.1, -0.05) is 6.07 Å². The summed E-state index contributed by atoms with van der Waals surface area (Å²) in [5.74, 6) is -0.109. The highest BCUT2D eigenvalue weighted by atomic mass is 16.1. The lowest BCUT2D eigenvalue weighted by atomic mass is 10.1. The van der Waals surface area contributed by atoms with E-state index in [0.29, 0.717) is 12.0 Å². The van der Waals surface area contributed by atoms with Gasteiger partial charge in [0.1, 0.15) is 0 Å². The summed E-state index contributed by atoms with van der Waals surface area (Å²) in [5.41, 5.74) is 3.11. The molecule has 0 radical (unpaired) electrons. The summed E-state index contributed by atoms with van der Waals surface area (Å²) in [6, 6.07) is 7.67. The lowest BCUT2D eigenvalue weighted by Crippen LogP contribution is -2.32. The monoisotopic (exact) mass is 229 g/mol. The molecular formula is C13H15N3O. The van der Waals surface area contributed by atoms with Gasteiger partial charge >= 0.3 is 0 Å². The van der Waals surface area contributed by atoms with Crippen LogP contribution < -0.4 is 10.6 Å². The number of benzene rings is 1. The topological polar surface area (TPSA) is 64.9 Å². The minimum atomic E-state index is -0.112. The third-order valence-electron chi connectivity index (χ3n) is 2.87. The standard InChI is InChI=1S/C13H15N3O/c1-9(4-5-14)16-13(17)10-2-3-11-7-15-8-12(11)6-10/h2-3,6,9,15H,4,7-8H2,1H3,(H,16,17). The number of carbonyl (C=O) groups is 1. The molecule has 1 unspecified atom stereocenters. The predicted octanol–water partition coefficient (Wildman–Crippen LogP) is 1.32. The van der Waals surface area contributed by atoms with Crippen molar-refractivity contribution in [1.29, 1.82) is 5.26 Å². The van der Waals surface area contributed by atoms with Crippen LogP contribution in [0.25, 0.3) is 0 Å². The summed E-state index contributed by atoms with van der Waals surface area (Å²) in [5, 5.41) is 14.6. The maximum atomic E-state index is 11.9. The second-order valence-electron chi connectivity index (χ2n) is 4.32. The molecule has 0 aliphatic carbocycles. The van der Waals surface area contributed by atoms with Crippen LogP contribution in [0.3, 0.4) is 0 Å². The number of nitrogens with zero attached hydrogens (tertiary/aromatic N) is 1. The van der Waals surface area contributed by atoms with E-state index in [1.165, 1.54) is 11.1 Å². The summed E-state index contributed by atoms with van der Waals surface area (Å²) in [4.78, 5) is 11.9. The highest BCUT2D eigenvalue weighted by molar-refractivity contribution is 5.94. The molecule has 0 fully saturated rings. The molecular weight excluding hydrogens is 214 g/mol. The molecule has 2 N–H and O–H groups in total. The fraction of sp³-hybridized carbons (Fsp3) is 0.385. The molecule has 2 rings (SSSR count). The van der Waals surface area contributed by atoms with E-state index in [9.17, 15) is 4.79 Å². The second kappa shape index (κ2) is 4.98. The fourth-order valence-electron chi connectivity index (χ4n) is 1.93. The van der Waals surface area contributed by atoms with Gasteiger partial charge in [-0.15, -0.1) is 0 Å². The van der Waals surface area contributed by atoms with E-state index in [-0.39, 0.29) is 11.9 Å². The van der Waals surface area contributed by atoms with Gasteiger partial charge in [-0.2, -0.15) is 5.26 Å². The number of amides is 1. The summed E-state index contributed by atoms with van der Waals surface area (Å²) < 4.78 is 0. The van der Waals surface area contributed by atoms with E-state index < -0.39 is 0 Å². The smallest absolute Gasteiger partial charge is 0.251 e. The van der Waals surface area contributed by atoms with E-state index in [1.54, 1.807) is 0 Å². The fourth-order valence-corrected chi connectivity index (χ4v) is 1.93. The first-order valence-corrected chi connectivity index (χ1v) is 5.71. The second-order valence-corrected chi connectivity index (χ2v) is 4.32. The molecule has 1 amide bonds. The molecule has 1 aromatic rings. The maximum absolute atomic E-state index is 11.9. The minimum Gasteiger partial charge on any atom is -0.349 e. The van der Waals surface area contributed by atoms with Crippen LogP contribution in [-0.2, 0) is 13.1 Å². The van der Waals surface area contributed by atoms with Crippen LogP contribution in [-0.4, -0.2) is 11.9 Å². The number of hydrogen-bond acceptors (Lipinski definition) is 3. The van der Waals surface area contributed by atoms with Crippen molar-refractivity contribution in [2.45, 2.75) is 32.5 Å². The van der Waals surface area contributed by atoms with Gasteiger partial charge in [-0.25, -0.2) is 0 Å². The number of nitrogens with one attached hydrogen (secondary N) is 2. The van der Waals surface area contributed by atoms with Gasteiger partial charge < -0.3 is 10.6 Å². The van der Waals surface area contributed by atoms with Crippen molar-refractivity contribution < 1.29 is 4.79 Å². The number of hydrogen-bond donors (Lipinski definition) is 2. The van der Waals surface area contributed by atoms with Gasteiger partial charge in [-0.3, -0.25) is 4.79 Å². The van der Waals surface area contributed by atoms with Gasteiger partial charge in [0, 0.05) is 24.7 Å². The SMILES string of the molecule is CC(CC#N)NC(=O)c1ccc2c(c1)CNC2. The average Bonchev–Trinajstić information content (AvgIpc) is 2.75. The molecule has 0 saturated carbocycles. The summed E-state index contributed by atoms with van der Waals surface area (Å²) in [7, 11) is 0. The van der Waals surface area contributed by atoms with E-state index in [1.807, 2.05) is 31.2 Å². The molecule has 1 aliphatic heterocycles. The van der Waals surface area contributed by atoms with E-state index in [2.05, 4.69) is 10.6 Å². The molecule has 1 atom stereocenters. The molecule has 1 heterocycles. The first-order chi connectivity index (χ1) is 8.20. The van der Waals surface area contributed by atoms with Crippen molar-refractivity contribution in [3.8, 4) is 6.07 Å². The van der Waals surface area contributed by atoms with Gasteiger partial charge in [0.15, 0.2) is 0 Å². The van der Waals surface area contributed by atoms with Crippen LogP contribution in [0.4, 0.5) is 0 Å². The van der Waals surface area contributed by atoms with Crippen LogP contribution in [0.5, 0.6) is 0 Å². The lowest BCUT2D eigenvalue weighted by Gasteiger charge is -2.10. The molecule has 4 heteroatoms. The zero-order valence-corrected chi connectivity index (χ0v) is 9.79. The Morgan fingerprint density at radius 2 is 2.29 bits per heavy atom. The van der Waals surface area contributed by atoms with Crippen LogP contribution in [0.15, 0.2) is 18.2 Å². The van der Waals surface area contributed by atoms with E-state index in [0.717, 1.165) is 13.1 Å². The third-order valence-corrected chi connectivity index (χ3v) is 2.87. The Hall–Kier alpha value is -1.86. The largest absolute Gasteiger partial charge is 0.349 e. The predicted molar refractivity (Wildman–Crippen MR) is 64.1 cm³/mol. The van der Waals surface area contributed by atoms with Crippen molar-refractivity contribution in [3.63, 3.8) is 0 Å². The Kier molecular flexibility index (Phi) is 3.40. The van der Waals surface area contributed by atoms with Crippen LogP contribution in [0, 0.1) is 11.3 Å². The zero-order valence-electron chi connectivity index (χ0n) is 9.79. The average molecular weight is 229 g/mol. The first-order valence-electron chi connectivity index (χ1n) is 5.71. The van der Waals surface area contributed by atoms with Gasteiger partial charge in [0.25, 0.3) is 5.91 Å². The Labute approximate surface area is 101 Å². The van der Waals surface area contributed by atoms with Crippen molar-refractivity contribution in [3.05, 3.63) is 34.9 Å². The zero-order chi connectivity index (χ0) is 12.3. The molecule has 0 spiro atoms. The quantitative estimate of drug-likeness (QED) is 0.821. The number of carbonyl (C=O) groups excluding carboxylic acids is 1. The highest BCUT2D eigenvalue weighted by Gasteiger charge is 2.14. The molecule has 0 aromatic heterocycles. The van der Waals surface area contributed by atoms with Crippen molar-refractivity contribution >= 4 is 5.91 Å². The molecule has 1 aromatic carbocycles. The van der Waals surface area contributed by atoms with Crippen LogP contribution >= 0.6 is 0 Å². The molecule has 88 valence electrons. The summed E-state index contributed by atoms with van der Waals surface area (Å²) in [6.45, 7) is 3.53. The van der Waals surface area contributed by atoms with E-state index >= 15 is 0 Å². The van der Waals surface area contributed by atoms with Crippen LogP contribution in [0.1, 0.15) is 34.8 Å². The molecule has 17 heavy (non-hydrogen) atoms. The van der Waals surface area contributed by atoms with Crippen molar-refractivity contribution in [2.24, 2.45) is 0 Å².